The summed E-state index contributed by atoms with van der Waals surface area (Å²) in [5.41, 5.74) is 0.968. The maximum absolute atomic E-state index is 6.00. The molecule has 1 aliphatic heterocycles. The van der Waals surface area contributed by atoms with E-state index in [1.165, 1.54) is 0 Å². The highest BCUT2D eigenvalue weighted by molar-refractivity contribution is 9.10. The van der Waals surface area contributed by atoms with E-state index < -0.39 is 0 Å². The summed E-state index contributed by atoms with van der Waals surface area (Å²) in [5, 5.41) is 4.96. The van der Waals surface area contributed by atoms with Gasteiger partial charge in [0, 0.05) is 12.3 Å². The zero-order chi connectivity index (χ0) is 10.7. The summed E-state index contributed by atoms with van der Waals surface area (Å²) in [6.45, 7) is 0.910. The standard InChI is InChI=1S/C10H10BrClN2S/c11-9-7(12)3-1-4-8(9)14-10-13-5-2-6-15-10/h1,3-4H,2,5-6H2,(H,13,14). The number of anilines is 1. The van der Waals surface area contributed by atoms with Gasteiger partial charge in [-0.2, -0.15) is 0 Å². The third-order valence-electron chi connectivity index (χ3n) is 1.99. The van der Waals surface area contributed by atoms with E-state index in [0.29, 0.717) is 5.02 Å². The first-order valence-corrected chi connectivity index (χ1v) is 6.81. The van der Waals surface area contributed by atoms with Crippen molar-refractivity contribution in [3.05, 3.63) is 27.7 Å². The highest BCUT2D eigenvalue weighted by Gasteiger charge is 2.09. The largest absolute Gasteiger partial charge is 0.334 e. The smallest absolute Gasteiger partial charge is 0.161 e. The Hall–Kier alpha value is -0.190. The Bertz CT molecular complexity index is 395. The van der Waals surface area contributed by atoms with E-state index in [0.717, 1.165) is 34.0 Å². The van der Waals surface area contributed by atoms with Crippen molar-refractivity contribution in [1.29, 1.82) is 0 Å². The highest BCUT2D eigenvalue weighted by atomic mass is 79.9. The third kappa shape index (κ3) is 2.89. The number of benzene rings is 1. The summed E-state index contributed by atoms with van der Waals surface area (Å²) in [6, 6.07) is 5.75. The second kappa shape index (κ2) is 5.23. The second-order valence-corrected chi connectivity index (χ2v) is 5.40. The van der Waals surface area contributed by atoms with Crippen molar-refractivity contribution >= 4 is 50.1 Å². The summed E-state index contributed by atoms with van der Waals surface area (Å²) in [7, 11) is 0. The minimum atomic E-state index is 0.710. The third-order valence-corrected chi connectivity index (χ3v) is 4.38. The number of amidine groups is 1. The molecule has 0 amide bonds. The summed E-state index contributed by atoms with van der Waals surface area (Å²) in [6.07, 6.45) is 1.16. The molecule has 2 rings (SSSR count). The lowest BCUT2D eigenvalue weighted by atomic mass is 10.3. The molecule has 15 heavy (non-hydrogen) atoms. The Labute approximate surface area is 107 Å². The van der Waals surface area contributed by atoms with Crippen LogP contribution in [0, 0.1) is 0 Å². The van der Waals surface area contributed by atoms with Crippen LogP contribution in [0.15, 0.2) is 27.7 Å². The average Bonchev–Trinajstić information content (AvgIpc) is 2.26. The number of halogens is 2. The van der Waals surface area contributed by atoms with Crippen molar-refractivity contribution in [3.63, 3.8) is 0 Å². The fraction of sp³-hybridized carbons (Fsp3) is 0.300. The van der Waals surface area contributed by atoms with Crippen LogP contribution in [0.4, 0.5) is 5.69 Å². The van der Waals surface area contributed by atoms with E-state index in [-0.39, 0.29) is 0 Å². The Kier molecular flexibility index (Phi) is 3.94. The number of hydrogen-bond donors (Lipinski definition) is 1. The van der Waals surface area contributed by atoms with Crippen LogP contribution in [-0.2, 0) is 0 Å². The maximum atomic E-state index is 6.00. The lowest BCUT2D eigenvalue weighted by Gasteiger charge is -2.14. The van der Waals surface area contributed by atoms with Gasteiger partial charge in [-0.05, 0) is 34.5 Å². The number of rotatable bonds is 1. The van der Waals surface area contributed by atoms with E-state index in [1.54, 1.807) is 11.8 Å². The predicted octanol–water partition coefficient (Wildman–Crippen LogP) is 4.01. The first kappa shape index (κ1) is 11.3. The molecule has 0 aromatic heterocycles. The van der Waals surface area contributed by atoms with Crippen LogP contribution in [0.1, 0.15) is 6.42 Å². The summed E-state index contributed by atoms with van der Waals surface area (Å²) in [4.78, 5) is 4.40. The van der Waals surface area contributed by atoms with E-state index >= 15 is 0 Å². The van der Waals surface area contributed by atoms with Gasteiger partial charge in [0.05, 0.1) is 15.2 Å². The molecule has 0 aliphatic carbocycles. The van der Waals surface area contributed by atoms with Gasteiger partial charge in [0.1, 0.15) is 0 Å². The molecule has 0 fully saturated rings. The normalized spacial score (nSPS) is 16.0. The molecule has 1 N–H and O–H groups in total. The zero-order valence-corrected chi connectivity index (χ0v) is 11.1. The van der Waals surface area contributed by atoms with E-state index in [1.807, 2.05) is 18.2 Å². The molecular weight excluding hydrogens is 296 g/mol. The van der Waals surface area contributed by atoms with Crippen LogP contribution < -0.4 is 5.32 Å². The SMILES string of the molecule is Clc1cccc(NC2=NCCCS2)c1Br. The maximum Gasteiger partial charge on any atom is 0.161 e. The minimum Gasteiger partial charge on any atom is -0.334 e. The molecule has 0 spiro atoms. The van der Waals surface area contributed by atoms with Crippen molar-refractivity contribution in [2.24, 2.45) is 4.99 Å². The molecule has 1 aliphatic rings. The Balaban J connectivity index is 2.16. The van der Waals surface area contributed by atoms with Crippen LogP contribution in [0.2, 0.25) is 5.02 Å². The molecule has 1 aromatic carbocycles. The molecule has 1 heterocycles. The minimum absolute atomic E-state index is 0.710. The zero-order valence-electron chi connectivity index (χ0n) is 7.96. The lowest BCUT2D eigenvalue weighted by molar-refractivity contribution is 0.938. The van der Waals surface area contributed by atoms with Gasteiger partial charge < -0.3 is 5.32 Å². The van der Waals surface area contributed by atoms with Crippen LogP contribution in [-0.4, -0.2) is 17.5 Å². The molecular formula is C10H10BrClN2S. The van der Waals surface area contributed by atoms with Crippen molar-refractivity contribution in [2.75, 3.05) is 17.6 Å². The molecule has 0 bridgehead atoms. The molecule has 1 aromatic rings. The van der Waals surface area contributed by atoms with Crippen molar-refractivity contribution in [1.82, 2.24) is 0 Å². The van der Waals surface area contributed by atoms with Crippen LogP contribution in [0.3, 0.4) is 0 Å². The number of nitrogens with zero attached hydrogens (tertiary/aromatic N) is 1. The molecule has 80 valence electrons. The first-order chi connectivity index (χ1) is 7.27. The van der Waals surface area contributed by atoms with Crippen molar-refractivity contribution in [2.45, 2.75) is 6.42 Å². The van der Waals surface area contributed by atoms with E-state index in [4.69, 9.17) is 11.6 Å². The van der Waals surface area contributed by atoms with Crippen molar-refractivity contribution in [3.8, 4) is 0 Å². The Morgan fingerprint density at radius 3 is 3.07 bits per heavy atom. The van der Waals surface area contributed by atoms with Gasteiger partial charge in [-0.3, -0.25) is 4.99 Å². The van der Waals surface area contributed by atoms with Gasteiger partial charge in [-0.15, -0.1) is 0 Å². The van der Waals surface area contributed by atoms with Gasteiger partial charge >= 0.3 is 0 Å². The molecule has 0 radical (unpaired) electrons. The quantitative estimate of drug-likeness (QED) is 0.848. The number of hydrogen-bond acceptors (Lipinski definition) is 3. The second-order valence-electron chi connectivity index (χ2n) is 3.12. The van der Waals surface area contributed by atoms with Crippen LogP contribution in [0.25, 0.3) is 0 Å². The highest BCUT2D eigenvalue weighted by Crippen LogP contribution is 2.31. The summed E-state index contributed by atoms with van der Waals surface area (Å²) >= 11 is 11.2. The van der Waals surface area contributed by atoms with Crippen molar-refractivity contribution < 1.29 is 0 Å². The molecule has 5 heteroatoms. The lowest BCUT2D eigenvalue weighted by Crippen LogP contribution is -2.13. The Morgan fingerprint density at radius 2 is 2.33 bits per heavy atom. The molecule has 0 unspecified atom stereocenters. The topological polar surface area (TPSA) is 24.4 Å². The molecule has 2 nitrogen and oxygen atoms in total. The summed E-state index contributed by atoms with van der Waals surface area (Å²) in [5.74, 6) is 1.13. The fourth-order valence-corrected chi connectivity index (χ4v) is 2.62. The van der Waals surface area contributed by atoms with Gasteiger partial charge in [-0.1, -0.05) is 29.4 Å². The van der Waals surface area contributed by atoms with E-state index in [2.05, 4.69) is 26.2 Å². The number of thioether (sulfide) groups is 1. The fourth-order valence-electron chi connectivity index (χ4n) is 1.25. The van der Waals surface area contributed by atoms with Gasteiger partial charge in [-0.25, -0.2) is 0 Å². The van der Waals surface area contributed by atoms with Gasteiger partial charge in [0.2, 0.25) is 0 Å². The Morgan fingerprint density at radius 1 is 1.47 bits per heavy atom. The van der Waals surface area contributed by atoms with Gasteiger partial charge in [0.15, 0.2) is 5.17 Å². The monoisotopic (exact) mass is 304 g/mol. The average molecular weight is 306 g/mol. The number of nitrogens with one attached hydrogen (secondary N) is 1. The first-order valence-electron chi connectivity index (χ1n) is 4.65. The van der Waals surface area contributed by atoms with Crippen LogP contribution >= 0.6 is 39.3 Å². The summed E-state index contributed by atoms with van der Waals surface area (Å²) < 4.78 is 0.889. The predicted molar refractivity (Wildman–Crippen MR) is 72.2 cm³/mol. The van der Waals surface area contributed by atoms with Crippen LogP contribution in [0.5, 0.6) is 0 Å². The molecule has 0 saturated carbocycles. The van der Waals surface area contributed by atoms with E-state index in [9.17, 15) is 0 Å². The molecule has 0 atom stereocenters. The molecule has 0 saturated heterocycles. The number of aliphatic imine (C=N–C) groups is 1. The van der Waals surface area contributed by atoms with Gasteiger partial charge in [0.25, 0.3) is 0 Å².